The Hall–Kier alpha value is -3.80. The minimum atomic E-state index is 0.137. The van der Waals surface area contributed by atoms with E-state index in [4.69, 9.17) is 9.84 Å². The third-order valence-electron chi connectivity index (χ3n) is 6.36. The Kier molecular flexibility index (Phi) is 5.98. The molecule has 2 aromatic heterocycles. The molecule has 166 valence electrons. The highest BCUT2D eigenvalue weighted by Gasteiger charge is 2.26. The zero-order chi connectivity index (χ0) is 22.6. The Balaban J connectivity index is 1.38. The first-order chi connectivity index (χ1) is 16.2. The summed E-state index contributed by atoms with van der Waals surface area (Å²) in [6.45, 7) is 3.59. The van der Waals surface area contributed by atoms with Crippen LogP contribution in [-0.4, -0.2) is 25.5 Å². The molecule has 0 spiro atoms. The van der Waals surface area contributed by atoms with E-state index < -0.39 is 0 Å². The van der Waals surface area contributed by atoms with Crippen LogP contribution in [0.15, 0.2) is 79.8 Å². The van der Waals surface area contributed by atoms with Crippen LogP contribution >= 0.6 is 0 Å². The molecule has 4 aromatic rings. The maximum Gasteiger partial charge on any atom is 0.162 e. The number of carbonyl (C=O) groups is 1. The first kappa shape index (κ1) is 21.1. The predicted octanol–water partition coefficient (Wildman–Crippen LogP) is 6.16. The van der Waals surface area contributed by atoms with Crippen molar-refractivity contribution in [2.45, 2.75) is 38.1 Å². The van der Waals surface area contributed by atoms with Crippen molar-refractivity contribution in [2.24, 2.45) is 5.92 Å². The van der Waals surface area contributed by atoms with Gasteiger partial charge in [-0.3, -0.25) is 4.79 Å². The second-order valence-corrected chi connectivity index (χ2v) is 8.54. The lowest BCUT2D eigenvalue weighted by Crippen LogP contribution is -2.20. The molecule has 0 unspecified atom stereocenters. The summed E-state index contributed by atoms with van der Waals surface area (Å²) in [7, 11) is 0. The lowest BCUT2D eigenvalue weighted by molar-refractivity contribution is -0.115. The third-order valence-corrected chi connectivity index (χ3v) is 6.36. The highest BCUT2D eigenvalue weighted by Crippen LogP contribution is 2.37. The summed E-state index contributed by atoms with van der Waals surface area (Å²) < 4.78 is 7.98. The van der Waals surface area contributed by atoms with E-state index in [1.165, 1.54) is 6.08 Å². The minimum absolute atomic E-state index is 0.137. The van der Waals surface area contributed by atoms with Crippen molar-refractivity contribution in [1.29, 1.82) is 0 Å². The van der Waals surface area contributed by atoms with Crippen molar-refractivity contribution in [2.75, 3.05) is 0 Å². The first-order valence-electron chi connectivity index (χ1n) is 11.4. The standard InChI is InChI=1S/C27H26N4O2/c1-2-22(32)16-19-8-12-21(13-9-19)31-27-25(17-28-18-29-27)26(30-31)20-10-14-24(15-11-20)33-23-6-4-3-5-7-23/h2-7,10-11,14-15,17-19,21H,1,8-9,12-13,16H2. The van der Waals surface area contributed by atoms with Gasteiger partial charge in [-0.15, -0.1) is 0 Å². The van der Waals surface area contributed by atoms with Gasteiger partial charge < -0.3 is 4.74 Å². The molecule has 1 fully saturated rings. The molecule has 6 nitrogen and oxygen atoms in total. The quantitative estimate of drug-likeness (QED) is 0.323. The molecule has 0 atom stereocenters. The predicted molar refractivity (Wildman–Crippen MR) is 128 cm³/mol. The number of carbonyl (C=O) groups excluding carboxylic acids is 1. The summed E-state index contributed by atoms with van der Waals surface area (Å²) in [6, 6.07) is 18.0. The molecule has 1 aliphatic rings. The number of nitrogens with zero attached hydrogens (tertiary/aromatic N) is 4. The third kappa shape index (κ3) is 4.55. The highest BCUT2D eigenvalue weighted by atomic mass is 16.5. The molecule has 6 heteroatoms. The van der Waals surface area contributed by atoms with Crippen LogP contribution in [0.25, 0.3) is 22.3 Å². The van der Waals surface area contributed by atoms with E-state index in [0.29, 0.717) is 12.3 Å². The SMILES string of the molecule is C=CC(=O)CC1CCC(n2nc(-c3ccc(Oc4ccccc4)cc3)c3cncnc32)CC1. The Morgan fingerprint density at radius 1 is 1.03 bits per heavy atom. The van der Waals surface area contributed by atoms with Crippen molar-refractivity contribution >= 4 is 16.8 Å². The van der Waals surface area contributed by atoms with E-state index in [2.05, 4.69) is 21.2 Å². The number of aromatic nitrogens is 4. The fourth-order valence-electron chi connectivity index (χ4n) is 4.62. The normalized spacial score (nSPS) is 18.2. The molecule has 0 radical (unpaired) electrons. The van der Waals surface area contributed by atoms with Crippen LogP contribution in [0.3, 0.4) is 0 Å². The van der Waals surface area contributed by atoms with E-state index >= 15 is 0 Å². The molecule has 5 rings (SSSR count). The van der Waals surface area contributed by atoms with Gasteiger partial charge in [-0.2, -0.15) is 5.10 Å². The van der Waals surface area contributed by atoms with Crippen LogP contribution in [0.2, 0.25) is 0 Å². The fourth-order valence-corrected chi connectivity index (χ4v) is 4.62. The number of hydrogen-bond donors (Lipinski definition) is 0. The number of allylic oxidation sites excluding steroid dienone is 1. The Labute approximate surface area is 193 Å². The molecular weight excluding hydrogens is 412 g/mol. The number of para-hydroxylation sites is 1. The minimum Gasteiger partial charge on any atom is -0.457 e. The molecule has 0 saturated heterocycles. The van der Waals surface area contributed by atoms with Gasteiger partial charge in [0.25, 0.3) is 0 Å². The van der Waals surface area contributed by atoms with Gasteiger partial charge in [0, 0.05) is 18.2 Å². The van der Waals surface area contributed by atoms with Crippen LogP contribution in [0.1, 0.15) is 38.1 Å². The lowest BCUT2D eigenvalue weighted by atomic mass is 9.83. The average Bonchev–Trinajstić information content (AvgIpc) is 3.25. The summed E-state index contributed by atoms with van der Waals surface area (Å²) in [6.07, 6.45) is 9.44. The summed E-state index contributed by atoms with van der Waals surface area (Å²) in [4.78, 5) is 20.5. The molecule has 0 N–H and O–H groups in total. The van der Waals surface area contributed by atoms with Gasteiger partial charge in [0.15, 0.2) is 11.4 Å². The van der Waals surface area contributed by atoms with E-state index in [0.717, 1.165) is 59.5 Å². The summed E-state index contributed by atoms with van der Waals surface area (Å²) in [5, 5.41) is 5.93. The van der Waals surface area contributed by atoms with Crippen molar-refractivity contribution < 1.29 is 9.53 Å². The summed E-state index contributed by atoms with van der Waals surface area (Å²) in [5.41, 5.74) is 2.73. The topological polar surface area (TPSA) is 69.9 Å². The maximum atomic E-state index is 11.7. The van der Waals surface area contributed by atoms with E-state index in [1.54, 1.807) is 6.33 Å². The molecule has 0 bridgehead atoms. The largest absolute Gasteiger partial charge is 0.457 e. The second-order valence-electron chi connectivity index (χ2n) is 8.54. The lowest BCUT2D eigenvalue weighted by Gasteiger charge is -2.28. The van der Waals surface area contributed by atoms with E-state index in [9.17, 15) is 4.79 Å². The fraction of sp³-hybridized carbons (Fsp3) is 0.259. The van der Waals surface area contributed by atoms with Crippen LogP contribution < -0.4 is 4.74 Å². The average molecular weight is 439 g/mol. The van der Waals surface area contributed by atoms with Crippen molar-refractivity contribution in [3.05, 3.63) is 79.8 Å². The molecule has 2 aromatic carbocycles. The zero-order valence-corrected chi connectivity index (χ0v) is 18.4. The van der Waals surface area contributed by atoms with Gasteiger partial charge in [0.2, 0.25) is 0 Å². The molecular formula is C27H26N4O2. The molecule has 1 aliphatic carbocycles. The van der Waals surface area contributed by atoms with Gasteiger partial charge in [0.1, 0.15) is 23.5 Å². The monoisotopic (exact) mass is 438 g/mol. The molecule has 0 amide bonds. The van der Waals surface area contributed by atoms with Crippen molar-refractivity contribution in [3.63, 3.8) is 0 Å². The van der Waals surface area contributed by atoms with E-state index in [-0.39, 0.29) is 11.8 Å². The second kappa shape index (κ2) is 9.36. The number of hydrogen-bond acceptors (Lipinski definition) is 5. The van der Waals surface area contributed by atoms with Gasteiger partial charge in [-0.1, -0.05) is 24.8 Å². The summed E-state index contributed by atoms with van der Waals surface area (Å²) in [5.74, 6) is 2.15. The number of benzene rings is 2. The van der Waals surface area contributed by atoms with Gasteiger partial charge >= 0.3 is 0 Å². The smallest absolute Gasteiger partial charge is 0.162 e. The highest BCUT2D eigenvalue weighted by molar-refractivity contribution is 5.90. The van der Waals surface area contributed by atoms with Crippen LogP contribution in [0.4, 0.5) is 0 Å². The number of ether oxygens (including phenoxy) is 1. The molecule has 1 saturated carbocycles. The molecule has 2 heterocycles. The van der Waals surface area contributed by atoms with Crippen LogP contribution in [0, 0.1) is 5.92 Å². The van der Waals surface area contributed by atoms with Gasteiger partial charge in [-0.25, -0.2) is 14.6 Å². The Morgan fingerprint density at radius 3 is 2.48 bits per heavy atom. The van der Waals surface area contributed by atoms with Gasteiger partial charge in [-0.05, 0) is 74.1 Å². The zero-order valence-electron chi connectivity index (χ0n) is 18.4. The maximum absolute atomic E-state index is 11.7. The van der Waals surface area contributed by atoms with Crippen molar-refractivity contribution in [1.82, 2.24) is 19.7 Å². The molecule has 33 heavy (non-hydrogen) atoms. The number of ketones is 1. The first-order valence-corrected chi connectivity index (χ1v) is 11.4. The Morgan fingerprint density at radius 2 is 1.76 bits per heavy atom. The van der Waals surface area contributed by atoms with Crippen molar-refractivity contribution in [3.8, 4) is 22.8 Å². The molecule has 0 aliphatic heterocycles. The van der Waals surface area contributed by atoms with E-state index in [1.807, 2.05) is 60.8 Å². The number of rotatable bonds is 7. The number of fused-ring (bicyclic) bond motifs is 1. The summed E-state index contributed by atoms with van der Waals surface area (Å²) >= 11 is 0. The van der Waals surface area contributed by atoms with Gasteiger partial charge in [0.05, 0.1) is 11.4 Å². The Bertz CT molecular complexity index is 1260. The van der Waals surface area contributed by atoms with Crippen LogP contribution in [-0.2, 0) is 4.79 Å². The van der Waals surface area contributed by atoms with Crippen LogP contribution in [0.5, 0.6) is 11.5 Å².